The van der Waals surface area contributed by atoms with Crippen molar-refractivity contribution < 1.29 is 10.2 Å². The van der Waals surface area contributed by atoms with Gasteiger partial charge in [-0.2, -0.15) is 0 Å². The molecule has 0 radical (unpaired) electrons. The van der Waals surface area contributed by atoms with Crippen LogP contribution in [0.4, 0.5) is 0 Å². The van der Waals surface area contributed by atoms with Gasteiger partial charge in [-0.15, -0.1) is 0 Å². The summed E-state index contributed by atoms with van der Waals surface area (Å²) >= 11 is 0. The molecule has 0 heterocycles. The van der Waals surface area contributed by atoms with E-state index in [4.69, 9.17) is 10.2 Å². The third kappa shape index (κ3) is 5.72. The molecule has 0 rings (SSSR count). The van der Waals surface area contributed by atoms with Crippen molar-refractivity contribution in [1.29, 1.82) is 0 Å². The van der Waals surface area contributed by atoms with E-state index >= 15 is 0 Å². The molecule has 0 amide bonds. The standard InChI is InChI=1S/C5H14N2O2/c1-7(2)6-3-5(9)4-8/h5-6,8-9H,3-4H2,1-2H3/t5-/m0/s1. The fraction of sp³-hybridized carbons (Fsp3) is 1.00. The Morgan fingerprint density at radius 2 is 2.11 bits per heavy atom. The zero-order chi connectivity index (χ0) is 7.28. The highest BCUT2D eigenvalue weighted by Gasteiger charge is 1.99. The Morgan fingerprint density at radius 3 is 2.44 bits per heavy atom. The largest absolute Gasteiger partial charge is 0.394 e. The van der Waals surface area contributed by atoms with Gasteiger partial charge in [0.15, 0.2) is 0 Å². The molecule has 4 heteroatoms. The van der Waals surface area contributed by atoms with Crippen LogP contribution in [0.3, 0.4) is 0 Å². The summed E-state index contributed by atoms with van der Waals surface area (Å²) in [5.74, 6) is 0. The predicted octanol–water partition coefficient (Wildman–Crippen LogP) is -1.59. The number of hydrogen-bond donors (Lipinski definition) is 3. The zero-order valence-electron chi connectivity index (χ0n) is 5.83. The summed E-state index contributed by atoms with van der Waals surface area (Å²) in [5, 5.41) is 18.8. The number of hydrogen-bond acceptors (Lipinski definition) is 4. The number of aliphatic hydroxyl groups is 2. The van der Waals surface area contributed by atoms with Crippen molar-refractivity contribution in [2.45, 2.75) is 6.10 Å². The second-order valence-electron chi connectivity index (χ2n) is 2.09. The van der Waals surface area contributed by atoms with E-state index in [0.29, 0.717) is 6.54 Å². The number of nitrogens with zero attached hydrogens (tertiary/aromatic N) is 1. The third-order valence-corrected chi connectivity index (χ3v) is 0.854. The van der Waals surface area contributed by atoms with E-state index in [0.717, 1.165) is 0 Å². The maximum absolute atomic E-state index is 8.77. The summed E-state index contributed by atoms with van der Waals surface area (Å²) in [7, 11) is 3.65. The van der Waals surface area contributed by atoms with Gasteiger partial charge < -0.3 is 10.2 Å². The molecule has 0 aromatic rings. The molecule has 3 N–H and O–H groups in total. The monoisotopic (exact) mass is 134 g/mol. The highest BCUT2D eigenvalue weighted by Crippen LogP contribution is 1.75. The minimum absolute atomic E-state index is 0.194. The van der Waals surface area contributed by atoms with Crippen molar-refractivity contribution in [2.24, 2.45) is 0 Å². The van der Waals surface area contributed by atoms with Crippen LogP contribution in [0.5, 0.6) is 0 Å². The van der Waals surface area contributed by atoms with Crippen LogP contribution in [-0.2, 0) is 0 Å². The lowest BCUT2D eigenvalue weighted by molar-refractivity contribution is 0.0783. The first-order valence-corrected chi connectivity index (χ1v) is 2.86. The molecule has 4 nitrogen and oxygen atoms in total. The molecule has 0 unspecified atom stereocenters. The Labute approximate surface area is 55.1 Å². The van der Waals surface area contributed by atoms with Gasteiger partial charge in [0.25, 0.3) is 0 Å². The molecule has 0 aliphatic carbocycles. The Hall–Kier alpha value is -0.160. The second-order valence-corrected chi connectivity index (χ2v) is 2.09. The highest BCUT2D eigenvalue weighted by atomic mass is 16.3. The molecule has 0 aromatic heterocycles. The van der Waals surface area contributed by atoms with Crippen LogP contribution in [0.15, 0.2) is 0 Å². The lowest BCUT2D eigenvalue weighted by atomic mass is 10.4. The van der Waals surface area contributed by atoms with E-state index in [-0.39, 0.29) is 6.61 Å². The normalized spacial score (nSPS) is 14.3. The van der Waals surface area contributed by atoms with Gasteiger partial charge in [-0.3, -0.25) is 10.4 Å². The molecule has 0 aliphatic rings. The Kier molecular flexibility index (Phi) is 4.61. The van der Waals surface area contributed by atoms with Crippen molar-refractivity contribution >= 4 is 0 Å². The lowest BCUT2D eigenvalue weighted by Gasteiger charge is -2.13. The highest BCUT2D eigenvalue weighted by molar-refractivity contribution is 4.52. The van der Waals surface area contributed by atoms with Gasteiger partial charge in [0.2, 0.25) is 0 Å². The van der Waals surface area contributed by atoms with Gasteiger partial charge in [-0.05, 0) is 0 Å². The molecule has 0 spiro atoms. The molecule has 0 fully saturated rings. The molecule has 0 bridgehead atoms. The molecular formula is C5H14N2O2. The summed E-state index contributed by atoms with van der Waals surface area (Å²) in [6.45, 7) is 0.199. The Morgan fingerprint density at radius 1 is 1.56 bits per heavy atom. The van der Waals surface area contributed by atoms with Crippen molar-refractivity contribution in [3.05, 3.63) is 0 Å². The van der Waals surface area contributed by atoms with Crippen LogP contribution in [0.25, 0.3) is 0 Å². The van der Waals surface area contributed by atoms with Crippen LogP contribution in [0.2, 0.25) is 0 Å². The van der Waals surface area contributed by atoms with E-state index in [9.17, 15) is 0 Å². The fourth-order valence-corrected chi connectivity index (χ4v) is 0.352. The van der Waals surface area contributed by atoms with Crippen LogP contribution in [0, 0.1) is 0 Å². The Balaban J connectivity index is 3.06. The summed E-state index contributed by atoms with van der Waals surface area (Å²) in [5.41, 5.74) is 2.82. The fourth-order valence-electron chi connectivity index (χ4n) is 0.352. The predicted molar refractivity (Wildman–Crippen MR) is 34.8 cm³/mol. The summed E-state index contributed by atoms with van der Waals surface area (Å²) in [4.78, 5) is 0. The quantitative estimate of drug-likeness (QED) is 0.406. The zero-order valence-corrected chi connectivity index (χ0v) is 5.83. The summed E-state index contributed by atoms with van der Waals surface area (Å²) < 4.78 is 0. The minimum Gasteiger partial charge on any atom is -0.394 e. The molecule has 0 saturated carbocycles. The van der Waals surface area contributed by atoms with Gasteiger partial charge in [-0.25, -0.2) is 0 Å². The molecule has 0 saturated heterocycles. The maximum atomic E-state index is 8.77. The van der Waals surface area contributed by atoms with Gasteiger partial charge in [-0.1, -0.05) is 0 Å². The first-order chi connectivity index (χ1) is 4.16. The topological polar surface area (TPSA) is 55.7 Å². The lowest BCUT2D eigenvalue weighted by Crippen LogP contribution is -2.38. The van der Waals surface area contributed by atoms with E-state index in [1.165, 1.54) is 0 Å². The van der Waals surface area contributed by atoms with E-state index in [2.05, 4.69) is 5.43 Å². The first kappa shape index (κ1) is 8.84. The minimum atomic E-state index is -0.660. The van der Waals surface area contributed by atoms with E-state index < -0.39 is 6.10 Å². The van der Waals surface area contributed by atoms with Gasteiger partial charge >= 0.3 is 0 Å². The second kappa shape index (κ2) is 4.69. The van der Waals surface area contributed by atoms with Crippen LogP contribution in [-0.4, -0.2) is 48.6 Å². The van der Waals surface area contributed by atoms with Gasteiger partial charge in [0.05, 0.1) is 12.7 Å². The number of hydrazine groups is 1. The van der Waals surface area contributed by atoms with E-state index in [1.54, 1.807) is 5.01 Å². The van der Waals surface area contributed by atoms with Crippen LogP contribution >= 0.6 is 0 Å². The molecule has 0 aromatic carbocycles. The van der Waals surface area contributed by atoms with Crippen LogP contribution in [0.1, 0.15) is 0 Å². The van der Waals surface area contributed by atoms with Crippen molar-refractivity contribution in [3.63, 3.8) is 0 Å². The van der Waals surface area contributed by atoms with Crippen molar-refractivity contribution in [1.82, 2.24) is 10.4 Å². The molecule has 9 heavy (non-hydrogen) atoms. The first-order valence-electron chi connectivity index (χ1n) is 2.86. The smallest absolute Gasteiger partial charge is 0.0908 e. The number of aliphatic hydroxyl groups excluding tert-OH is 2. The van der Waals surface area contributed by atoms with Crippen molar-refractivity contribution in [3.8, 4) is 0 Å². The summed E-state index contributed by atoms with van der Waals surface area (Å²) in [6.07, 6.45) is -0.660. The summed E-state index contributed by atoms with van der Waals surface area (Å²) in [6, 6.07) is 0. The van der Waals surface area contributed by atoms with Gasteiger partial charge in [0, 0.05) is 20.6 Å². The van der Waals surface area contributed by atoms with Gasteiger partial charge in [0.1, 0.15) is 0 Å². The molecule has 1 atom stereocenters. The Bertz CT molecular complexity index is 68.0. The average Bonchev–Trinajstić information content (AvgIpc) is 1.83. The molecule has 0 aliphatic heterocycles. The van der Waals surface area contributed by atoms with Crippen molar-refractivity contribution in [2.75, 3.05) is 27.2 Å². The SMILES string of the molecule is CN(C)NC[C@H](O)CO. The van der Waals surface area contributed by atoms with E-state index in [1.807, 2.05) is 14.1 Å². The molecule has 56 valence electrons. The molecular weight excluding hydrogens is 120 g/mol. The third-order valence-electron chi connectivity index (χ3n) is 0.854. The van der Waals surface area contributed by atoms with Crippen LogP contribution < -0.4 is 5.43 Å². The number of rotatable bonds is 4. The number of nitrogens with one attached hydrogen (secondary N) is 1. The maximum Gasteiger partial charge on any atom is 0.0908 e. The average molecular weight is 134 g/mol.